The summed E-state index contributed by atoms with van der Waals surface area (Å²) < 4.78 is 5.13. The molecule has 0 radical (unpaired) electrons. The third kappa shape index (κ3) is 8.23. The van der Waals surface area contributed by atoms with Crippen LogP contribution in [0.1, 0.15) is 34.1 Å². The third-order valence-corrected chi connectivity index (χ3v) is 2.16. The second-order valence-electron chi connectivity index (χ2n) is 4.33. The normalized spacial score (nSPS) is 13.5. The standard InChI is InChI=1S/C10H21NO2S/c1-8(6-7-14-5)11-9(12)13-10(2,3)4/h8H,6-7H2,1-5H3,(H,11,12)/t8-/m1/s1. The maximum Gasteiger partial charge on any atom is 0.407 e. The van der Waals surface area contributed by atoms with Gasteiger partial charge < -0.3 is 10.1 Å². The summed E-state index contributed by atoms with van der Waals surface area (Å²) in [7, 11) is 0. The Morgan fingerprint density at radius 1 is 1.50 bits per heavy atom. The number of thioether (sulfide) groups is 1. The molecule has 1 atom stereocenters. The summed E-state index contributed by atoms with van der Waals surface area (Å²) in [4.78, 5) is 11.3. The molecule has 0 spiro atoms. The van der Waals surface area contributed by atoms with Gasteiger partial charge in [0.05, 0.1) is 0 Å². The molecule has 0 aliphatic heterocycles. The van der Waals surface area contributed by atoms with Gasteiger partial charge in [0.2, 0.25) is 0 Å². The smallest absolute Gasteiger partial charge is 0.407 e. The number of hydrogen-bond acceptors (Lipinski definition) is 3. The third-order valence-electron chi connectivity index (χ3n) is 1.52. The highest BCUT2D eigenvalue weighted by atomic mass is 32.2. The van der Waals surface area contributed by atoms with Gasteiger partial charge in [0, 0.05) is 6.04 Å². The van der Waals surface area contributed by atoms with Gasteiger partial charge in [-0.1, -0.05) is 0 Å². The molecule has 0 bridgehead atoms. The van der Waals surface area contributed by atoms with Crippen LogP contribution in [-0.2, 0) is 4.74 Å². The maximum atomic E-state index is 11.3. The van der Waals surface area contributed by atoms with E-state index in [-0.39, 0.29) is 12.1 Å². The molecule has 0 fully saturated rings. The summed E-state index contributed by atoms with van der Waals surface area (Å²) in [5, 5.41) is 2.80. The number of ether oxygens (including phenoxy) is 1. The zero-order valence-electron chi connectivity index (χ0n) is 9.72. The number of alkyl carbamates (subject to hydrolysis) is 1. The molecular weight excluding hydrogens is 198 g/mol. The summed E-state index contributed by atoms with van der Waals surface area (Å²) >= 11 is 1.78. The molecule has 0 saturated heterocycles. The van der Waals surface area contributed by atoms with Crippen molar-refractivity contribution < 1.29 is 9.53 Å². The monoisotopic (exact) mass is 219 g/mol. The van der Waals surface area contributed by atoms with Gasteiger partial charge in [-0.15, -0.1) is 0 Å². The zero-order chi connectivity index (χ0) is 11.2. The van der Waals surface area contributed by atoms with Crippen LogP contribution in [0, 0.1) is 0 Å². The predicted molar refractivity (Wildman–Crippen MR) is 61.8 cm³/mol. The van der Waals surface area contributed by atoms with Crippen molar-refractivity contribution in [1.29, 1.82) is 0 Å². The van der Waals surface area contributed by atoms with E-state index in [1.807, 2.05) is 27.7 Å². The van der Waals surface area contributed by atoms with Crippen LogP contribution in [0.3, 0.4) is 0 Å². The quantitative estimate of drug-likeness (QED) is 0.790. The van der Waals surface area contributed by atoms with Crippen molar-refractivity contribution in [2.24, 2.45) is 0 Å². The summed E-state index contributed by atoms with van der Waals surface area (Å²) in [6.07, 6.45) is 2.70. The zero-order valence-corrected chi connectivity index (χ0v) is 10.5. The van der Waals surface area contributed by atoms with Crippen LogP contribution in [0.25, 0.3) is 0 Å². The summed E-state index contributed by atoms with van der Waals surface area (Å²) in [6, 6.07) is 0.178. The largest absolute Gasteiger partial charge is 0.444 e. The van der Waals surface area contributed by atoms with Crippen LogP contribution < -0.4 is 5.32 Å². The Morgan fingerprint density at radius 2 is 2.07 bits per heavy atom. The predicted octanol–water partition coefficient (Wildman–Crippen LogP) is 2.65. The molecule has 1 N–H and O–H groups in total. The van der Waals surface area contributed by atoms with Gasteiger partial charge >= 0.3 is 6.09 Å². The molecule has 14 heavy (non-hydrogen) atoms. The number of carbonyl (C=O) groups is 1. The molecule has 1 amide bonds. The molecule has 0 heterocycles. The Labute approximate surface area is 91.0 Å². The molecule has 0 aliphatic carbocycles. The van der Waals surface area contributed by atoms with Gasteiger partial charge in [0.25, 0.3) is 0 Å². The second-order valence-corrected chi connectivity index (χ2v) is 5.31. The topological polar surface area (TPSA) is 38.3 Å². The summed E-state index contributed by atoms with van der Waals surface area (Å²) in [5.41, 5.74) is -0.413. The van der Waals surface area contributed by atoms with Crippen molar-refractivity contribution in [3.63, 3.8) is 0 Å². The number of amides is 1. The van der Waals surface area contributed by atoms with E-state index in [0.717, 1.165) is 12.2 Å². The molecule has 0 rings (SSSR count). The Balaban J connectivity index is 3.71. The Morgan fingerprint density at radius 3 is 2.50 bits per heavy atom. The van der Waals surface area contributed by atoms with E-state index in [9.17, 15) is 4.79 Å². The number of hydrogen-bond donors (Lipinski definition) is 1. The molecule has 0 saturated carbocycles. The highest BCUT2D eigenvalue weighted by Crippen LogP contribution is 2.07. The summed E-state index contributed by atoms with van der Waals surface area (Å²) in [5.74, 6) is 1.05. The van der Waals surface area contributed by atoms with E-state index < -0.39 is 5.60 Å². The lowest BCUT2D eigenvalue weighted by atomic mass is 10.2. The first-order valence-corrected chi connectivity index (χ1v) is 6.23. The van der Waals surface area contributed by atoms with Crippen LogP contribution in [0.4, 0.5) is 4.79 Å². The molecule has 3 nitrogen and oxygen atoms in total. The molecule has 0 aliphatic rings. The molecule has 84 valence electrons. The second kappa shape index (κ2) is 6.17. The average Bonchev–Trinajstić information content (AvgIpc) is 1.96. The van der Waals surface area contributed by atoms with Gasteiger partial charge in [-0.3, -0.25) is 0 Å². The van der Waals surface area contributed by atoms with Gasteiger partial charge in [-0.25, -0.2) is 4.79 Å². The highest BCUT2D eigenvalue weighted by molar-refractivity contribution is 7.98. The molecule has 0 aromatic rings. The van der Waals surface area contributed by atoms with Crippen LogP contribution >= 0.6 is 11.8 Å². The first-order valence-electron chi connectivity index (χ1n) is 4.83. The van der Waals surface area contributed by atoms with E-state index in [1.165, 1.54) is 0 Å². The lowest BCUT2D eigenvalue weighted by molar-refractivity contribution is 0.0508. The maximum absolute atomic E-state index is 11.3. The van der Waals surface area contributed by atoms with Crippen molar-refractivity contribution in [2.45, 2.75) is 45.8 Å². The van der Waals surface area contributed by atoms with Crippen molar-refractivity contribution >= 4 is 17.9 Å². The number of nitrogens with one attached hydrogen (secondary N) is 1. The number of carbonyl (C=O) groups excluding carboxylic acids is 1. The van der Waals surface area contributed by atoms with Crippen LogP contribution in [0.5, 0.6) is 0 Å². The molecule has 0 aromatic heterocycles. The Bertz CT molecular complexity index is 177. The average molecular weight is 219 g/mol. The highest BCUT2D eigenvalue weighted by Gasteiger charge is 2.17. The number of rotatable bonds is 4. The lowest BCUT2D eigenvalue weighted by Gasteiger charge is -2.21. The lowest BCUT2D eigenvalue weighted by Crippen LogP contribution is -2.37. The van der Waals surface area contributed by atoms with E-state index in [0.29, 0.717) is 0 Å². The van der Waals surface area contributed by atoms with Crippen molar-refractivity contribution in [2.75, 3.05) is 12.0 Å². The van der Waals surface area contributed by atoms with E-state index in [4.69, 9.17) is 4.74 Å². The van der Waals surface area contributed by atoms with Crippen LogP contribution in [0.15, 0.2) is 0 Å². The Kier molecular flexibility index (Phi) is 6.00. The van der Waals surface area contributed by atoms with Crippen molar-refractivity contribution in [3.8, 4) is 0 Å². The fraction of sp³-hybridized carbons (Fsp3) is 0.900. The fourth-order valence-corrected chi connectivity index (χ4v) is 1.46. The van der Waals surface area contributed by atoms with Gasteiger partial charge in [0.1, 0.15) is 5.60 Å². The van der Waals surface area contributed by atoms with E-state index in [2.05, 4.69) is 11.6 Å². The Hall–Kier alpha value is -0.380. The minimum absolute atomic E-state index is 0.178. The van der Waals surface area contributed by atoms with E-state index >= 15 is 0 Å². The molecule has 4 heteroatoms. The van der Waals surface area contributed by atoms with Gasteiger partial charge in [-0.05, 0) is 46.1 Å². The van der Waals surface area contributed by atoms with Gasteiger partial charge in [-0.2, -0.15) is 11.8 Å². The van der Waals surface area contributed by atoms with Crippen molar-refractivity contribution in [1.82, 2.24) is 5.32 Å². The molecule has 0 unspecified atom stereocenters. The molecular formula is C10H21NO2S. The van der Waals surface area contributed by atoms with E-state index in [1.54, 1.807) is 11.8 Å². The summed E-state index contributed by atoms with van der Waals surface area (Å²) in [6.45, 7) is 7.57. The van der Waals surface area contributed by atoms with Crippen LogP contribution in [-0.4, -0.2) is 29.7 Å². The van der Waals surface area contributed by atoms with Gasteiger partial charge in [0.15, 0.2) is 0 Å². The van der Waals surface area contributed by atoms with Crippen molar-refractivity contribution in [3.05, 3.63) is 0 Å². The minimum atomic E-state index is -0.413. The SMILES string of the molecule is CSCC[C@@H](C)NC(=O)OC(C)(C)C. The van der Waals surface area contributed by atoms with Crippen LogP contribution in [0.2, 0.25) is 0 Å². The first-order chi connectivity index (χ1) is 6.35. The fourth-order valence-electron chi connectivity index (χ4n) is 0.876. The first kappa shape index (κ1) is 13.6. The molecule has 0 aromatic carbocycles. The minimum Gasteiger partial charge on any atom is -0.444 e.